The highest BCUT2D eigenvalue weighted by Gasteiger charge is 2.42. The highest BCUT2D eigenvalue weighted by atomic mass is 19.4. The minimum absolute atomic E-state index is 0.0695. The van der Waals surface area contributed by atoms with Crippen LogP contribution in [0.5, 0.6) is 5.75 Å². The van der Waals surface area contributed by atoms with Crippen LogP contribution < -0.4 is 4.74 Å². The number of hydrogen-bond acceptors (Lipinski definition) is 6. The number of aromatic amines is 1. The molecule has 0 aromatic carbocycles. The number of pyridine rings is 1. The second kappa shape index (κ2) is 9.03. The first-order chi connectivity index (χ1) is 15.2. The van der Waals surface area contributed by atoms with Crippen molar-refractivity contribution < 1.29 is 27.4 Å². The summed E-state index contributed by atoms with van der Waals surface area (Å²) in [7, 11) is 0. The van der Waals surface area contributed by atoms with E-state index in [1.165, 1.54) is 6.20 Å². The van der Waals surface area contributed by atoms with E-state index in [4.69, 9.17) is 9.47 Å². The Hall–Kier alpha value is -2.72. The van der Waals surface area contributed by atoms with Gasteiger partial charge in [0.1, 0.15) is 5.69 Å². The van der Waals surface area contributed by atoms with Gasteiger partial charge in [0.2, 0.25) is 0 Å². The summed E-state index contributed by atoms with van der Waals surface area (Å²) in [5, 5.41) is 0. The Morgan fingerprint density at radius 2 is 2.06 bits per heavy atom. The highest BCUT2D eigenvalue weighted by molar-refractivity contribution is 5.85. The zero-order valence-electron chi connectivity index (χ0n) is 18.0. The quantitative estimate of drug-likeness (QED) is 0.700. The van der Waals surface area contributed by atoms with Gasteiger partial charge >= 0.3 is 12.1 Å². The molecule has 2 aliphatic rings. The average Bonchev–Trinajstić information content (AvgIpc) is 3.34. The number of rotatable bonds is 5. The number of aromatic nitrogens is 3. The summed E-state index contributed by atoms with van der Waals surface area (Å²) in [5.41, 5.74) is 2.71. The molecular weight excluding hydrogens is 425 g/mol. The van der Waals surface area contributed by atoms with Gasteiger partial charge in [0.05, 0.1) is 5.69 Å². The maximum absolute atomic E-state index is 13.0. The molecule has 32 heavy (non-hydrogen) atoms. The van der Waals surface area contributed by atoms with Crippen LogP contribution in [0.25, 0.3) is 17.1 Å². The van der Waals surface area contributed by atoms with Crippen LogP contribution >= 0.6 is 0 Å². The number of hydrogen-bond donors (Lipinski definition) is 1. The predicted molar refractivity (Wildman–Crippen MR) is 111 cm³/mol. The smallest absolute Gasteiger partial charge is 0.417 e. The maximum Gasteiger partial charge on any atom is 0.491 e. The molecule has 7 nitrogen and oxygen atoms in total. The standard InChI is InChI=1S/C22H25F3N4O3/c1-13-14(2)28-20(27-13)18-19(32-21(30)22(23,24)25)17(3-7-26-18)16-4-8-29(12-16)11-15-5-9-31-10-6-15/h3-4,7,15H,5-6,8-12H2,1-2H3,(H,27,28). The monoisotopic (exact) mass is 450 g/mol. The molecule has 1 saturated heterocycles. The van der Waals surface area contributed by atoms with E-state index < -0.39 is 12.1 Å². The largest absolute Gasteiger partial charge is 0.491 e. The van der Waals surface area contributed by atoms with Crippen LogP contribution in [0.15, 0.2) is 18.3 Å². The van der Waals surface area contributed by atoms with Crippen LogP contribution in [0.1, 0.15) is 29.8 Å². The van der Waals surface area contributed by atoms with Gasteiger partial charge in [-0.1, -0.05) is 6.08 Å². The first-order valence-electron chi connectivity index (χ1n) is 10.5. The summed E-state index contributed by atoms with van der Waals surface area (Å²) in [6, 6.07) is 1.58. The van der Waals surface area contributed by atoms with Crippen LogP contribution in [0.4, 0.5) is 13.2 Å². The maximum atomic E-state index is 13.0. The van der Waals surface area contributed by atoms with Gasteiger partial charge in [-0.05, 0) is 44.2 Å². The van der Waals surface area contributed by atoms with Crippen LogP contribution in [0, 0.1) is 19.8 Å². The molecule has 0 atom stereocenters. The SMILES string of the molecule is Cc1nc(-c2nccc(C3=CCN(CC4CCOCC4)C3)c2OC(=O)C(F)(F)F)[nH]c1C. The fraction of sp³-hybridized carbons (Fsp3) is 0.500. The first-order valence-corrected chi connectivity index (χ1v) is 10.5. The summed E-state index contributed by atoms with van der Waals surface area (Å²) < 4.78 is 49.3. The fourth-order valence-electron chi connectivity index (χ4n) is 4.02. The van der Waals surface area contributed by atoms with Crippen molar-refractivity contribution in [3.05, 3.63) is 35.3 Å². The van der Waals surface area contributed by atoms with E-state index in [0.717, 1.165) is 43.9 Å². The van der Waals surface area contributed by atoms with Crippen molar-refractivity contribution >= 4 is 11.5 Å². The van der Waals surface area contributed by atoms with E-state index in [0.29, 0.717) is 30.3 Å². The summed E-state index contributed by atoms with van der Waals surface area (Å²) in [4.78, 5) is 25.5. The van der Waals surface area contributed by atoms with E-state index >= 15 is 0 Å². The fourth-order valence-corrected chi connectivity index (χ4v) is 4.02. The third-order valence-electron chi connectivity index (χ3n) is 5.88. The van der Waals surface area contributed by atoms with E-state index in [1.54, 1.807) is 19.9 Å². The van der Waals surface area contributed by atoms with Crippen molar-refractivity contribution in [1.82, 2.24) is 19.9 Å². The number of H-pyrrole nitrogens is 1. The molecule has 2 aromatic heterocycles. The molecule has 4 heterocycles. The molecule has 0 aliphatic carbocycles. The second-order valence-corrected chi connectivity index (χ2v) is 8.20. The minimum Gasteiger partial charge on any atom is -0.417 e. The lowest BCUT2D eigenvalue weighted by molar-refractivity contribution is -0.189. The number of aryl methyl sites for hydroxylation is 2. The van der Waals surface area contributed by atoms with Crippen LogP contribution in [-0.4, -0.2) is 64.8 Å². The lowest BCUT2D eigenvalue weighted by Crippen LogP contribution is -2.31. The molecule has 0 saturated carbocycles. The summed E-state index contributed by atoms with van der Waals surface area (Å²) in [5.74, 6) is -1.74. The Morgan fingerprint density at radius 1 is 1.31 bits per heavy atom. The molecule has 0 bridgehead atoms. The van der Waals surface area contributed by atoms with Gasteiger partial charge in [0.15, 0.2) is 11.6 Å². The molecule has 2 aromatic rings. The number of esters is 1. The molecule has 1 fully saturated rings. The van der Waals surface area contributed by atoms with Crippen molar-refractivity contribution in [2.45, 2.75) is 32.9 Å². The number of ether oxygens (including phenoxy) is 2. The Labute approximate surface area is 183 Å². The zero-order valence-corrected chi connectivity index (χ0v) is 18.0. The number of nitrogens with zero attached hydrogens (tertiary/aromatic N) is 3. The van der Waals surface area contributed by atoms with E-state index in [2.05, 4.69) is 19.9 Å². The van der Waals surface area contributed by atoms with Crippen LogP contribution in [-0.2, 0) is 9.53 Å². The number of imidazole rings is 1. The van der Waals surface area contributed by atoms with Gasteiger partial charge in [0, 0.05) is 50.3 Å². The van der Waals surface area contributed by atoms with Gasteiger partial charge in [0.25, 0.3) is 0 Å². The number of carbonyl (C=O) groups excluding carboxylic acids is 1. The Kier molecular flexibility index (Phi) is 6.34. The second-order valence-electron chi connectivity index (χ2n) is 8.20. The predicted octanol–water partition coefficient (Wildman–Crippen LogP) is 3.68. The molecule has 1 N–H and O–H groups in total. The average molecular weight is 450 g/mol. The van der Waals surface area contributed by atoms with Gasteiger partial charge in [-0.3, -0.25) is 4.90 Å². The highest BCUT2D eigenvalue weighted by Crippen LogP contribution is 2.37. The molecule has 10 heteroatoms. The number of halogens is 3. The number of carbonyl (C=O) groups is 1. The molecule has 2 aliphatic heterocycles. The van der Waals surface area contributed by atoms with Gasteiger partial charge in [-0.25, -0.2) is 14.8 Å². The van der Waals surface area contributed by atoms with E-state index in [-0.39, 0.29) is 17.3 Å². The van der Waals surface area contributed by atoms with E-state index in [1.807, 2.05) is 6.08 Å². The summed E-state index contributed by atoms with van der Waals surface area (Å²) in [6.45, 7) is 7.19. The first kappa shape index (κ1) is 22.5. The van der Waals surface area contributed by atoms with Crippen molar-refractivity contribution in [3.8, 4) is 17.3 Å². The molecule has 0 radical (unpaired) electrons. The molecule has 0 amide bonds. The van der Waals surface area contributed by atoms with Crippen molar-refractivity contribution in [2.75, 3.05) is 32.8 Å². The molecular formula is C22H25F3N4O3. The Morgan fingerprint density at radius 3 is 2.72 bits per heavy atom. The zero-order chi connectivity index (χ0) is 22.9. The number of alkyl halides is 3. The lowest BCUT2D eigenvalue weighted by Gasteiger charge is -2.27. The summed E-state index contributed by atoms with van der Waals surface area (Å²) >= 11 is 0. The molecule has 0 unspecified atom stereocenters. The van der Waals surface area contributed by atoms with Crippen LogP contribution in [0.2, 0.25) is 0 Å². The minimum atomic E-state index is -5.13. The third kappa shape index (κ3) is 4.86. The number of nitrogens with one attached hydrogen (secondary N) is 1. The van der Waals surface area contributed by atoms with Crippen LogP contribution in [0.3, 0.4) is 0 Å². The Bertz CT molecular complexity index is 1010. The topological polar surface area (TPSA) is 80.3 Å². The molecule has 4 rings (SSSR count). The third-order valence-corrected chi connectivity index (χ3v) is 5.88. The normalized spacial score (nSPS) is 18.1. The summed E-state index contributed by atoms with van der Waals surface area (Å²) in [6.07, 6.45) is 0.318. The van der Waals surface area contributed by atoms with Gasteiger partial charge in [-0.15, -0.1) is 0 Å². The molecule has 0 spiro atoms. The van der Waals surface area contributed by atoms with Crippen molar-refractivity contribution in [2.24, 2.45) is 5.92 Å². The van der Waals surface area contributed by atoms with Gasteiger partial charge in [-0.2, -0.15) is 13.2 Å². The Balaban J connectivity index is 1.64. The lowest BCUT2D eigenvalue weighted by atomic mass is 9.99. The van der Waals surface area contributed by atoms with Gasteiger partial charge < -0.3 is 14.5 Å². The molecule has 172 valence electrons. The van der Waals surface area contributed by atoms with Crippen molar-refractivity contribution in [1.29, 1.82) is 0 Å². The van der Waals surface area contributed by atoms with Crippen molar-refractivity contribution in [3.63, 3.8) is 0 Å². The van der Waals surface area contributed by atoms with E-state index in [9.17, 15) is 18.0 Å².